The summed E-state index contributed by atoms with van der Waals surface area (Å²) in [7, 11) is -3.47. The molecule has 1 aromatic heterocycles. The maximum Gasteiger partial charge on any atom is 0.246 e. The molecule has 0 aliphatic rings. The van der Waals surface area contributed by atoms with E-state index in [2.05, 4.69) is 10.2 Å². The molecular formula is C10H18ClN3O2S. The van der Waals surface area contributed by atoms with Crippen molar-refractivity contribution in [1.82, 2.24) is 14.5 Å². The second-order valence-electron chi connectivity index (χ2n) is 3.81. The largest absolute Gasteiger partial charge is 0.281 e. The summed E-state index contributed by atoms with van der Waals surface area (Å²) in [6, 6.07) is 0. The lowest BCUT2D eigenvalue weighted by Crippen LogP contribution is -2.33. The Balaban J connectivity index is 2.96. The molecule has 1 heterocycles. The molecule has 0 unspecified atom stereocenters. The van der Waals surface area contributed by atoms with E-state index in [4.69, 9.17) is 11.6 Å². The lowest BCUT2D eigenvalue weighted by molar-refractivity contribution is 0.420. The molecule has 0 amide bonds. The van der Waals surface area contributed by atoms with E-state index in [1.807, 2.05) is 6.92 Å². The molecule has 0 spiro atoms. The van der Waals surface area contributed by atoms with Gasteiger partial charge < -0.3 is 0 Å². The molecule has 0 saturated heterocycles. The van der Waals surface area contributed by atoms with E-state index in [-0.39, 0.29) is 4.90 Å². The van der Waals surface area contributed by atoms with Gasteiger partial charge in [0.15, 0.2) is 0 Å². The Morgan fingerprint density at radius 2 is 2.18 bits per heavy atom. The standard InChI is InChI=1S/C10H18ClN3O2S/c1-3-4-6-14(7-5-11)17(15,16)10-8-12-13-9(10)2/h8H,3-7H2,1-2H3,(H,12,13). The van der Waals surface area contributed by atoms with Gasteiger partial charge >= 0.3 is 0 Å². The van der Waals surface area contributed by atoms with Crippen LogP contribution >= 0.6 is 11.6 Å². The molecule has 0 aliphatic carbocycles. The highest BCUT2D eigenvalue weighted by Crippen LogP contribution is 2.18. The van der Waals surface area contributed by atoms with Crippen molar-refractivity contribution in [2.75, 3.05) is 19.0 Å². The molecule has 0 saturated carbocycles. The molecule has 0 atom stereocenters. The number of hydrogen-bond acceptors (Lipinski definition) is 3. The zero-order valence-electron chi connectivity index (χ0n) is 10.1. The molecular weight excluding hydrogens is 262 g/mol. The van der Waals surface area contributed by atoms with Crippen LogP contribution in [0.5, 0.6) is 0 Å². The first-order valence-corrected chi connectivity index (χ1v) is 7.57. The van der Waals surface area contributed by atoms with Crippen molar-refractivity contribution in [2.24, 2.45) is 0 Å². The van der Waals surface area contributed by atoms with Crippen LogP contribution < -0.4 is 0 Å². The van der Waals surface area contributed by atoms with Crippen LogP contribution in [-0.4, -0.2) is 41.9 Å². The topological polar surface area (TPSA) is 66.1 Å². The number of unbranched alkanes of at least 4 members (excludes halogenated alkanes) is 1. The van der Waals surface area contributed by atoms with Gasteiger partial charge in [-0.05, 0) is 13.3 Å². The number of nitrogens with one attached hydrogen (secondary N) is 1. The minimum atomic E-state index is -3.47. The van der Waals surface area contributed by atoms with Crippen molar-refractivity contribution in [1.29, 1.82) is 0 Å². The summed E-state index contributed by atoms with van der Waals surface area (Å²) >= 11 is 5.65. The van der Waals surface area contributed by atoms with E-state index in [0.29, 0.717) is 24.7 Å². The van der Waals surface area contributed by atoms with Gasteiger partial charge in [-0.25, -0.2) is 8.42 Å². The normalized spacial score (nSPS) is 12.2. The monoisotopic (exact) mass is 279 g/mol. The molecule has 1 N–H and O–H groups in total. The smallest absolute Gasteiger partial charge is 0.246 e. The van der Waals surface area contributed by atoms with Gasteiger partial charge in [0, 0.05) is 19.0 Å². The summed E-state index contributed by atoms with van der Waals surface area (Å²) < 4.78 is 26.1. The van der Waals surface area contributed by atoms with Gasteiger partial charge in [-0.2, -0.15) is 9.40 Å². The van der Waals surface area contributed by atoms with Gasteiger partial charge in [0.25, 0.3) is 0 Å². The summed E-state index contributed by atoms with van der Waals surface area (Å²) in [6.45, 7) is 4.54. The first-order chi connectivity index (χ1) is 8.04. The summed E-state index contributed by atoms with van der Waals surface area (Å²) in [4.78, 5) is 0.235. The summed E-state index contributed by atoms with van der Waals surface area (Å²) in [5.41, 5.74) is 0.557. The van der Waals surface area contributed by atoms with Gasteiger partial charge in [0.1, 0.15) is 4.90 Å². The first kappa shape index (κ1) is 14.5. The fourth-order valence-corrected chi connectivity index (χ4v) is 3.42. The molecule has 0 bridgehead atoms. The minimum Gasteiger partial charge on any atom is -0.281 e. The van der Waals surface area contributed by atoms with Crippen LogP contribution in [0.4, 0.5) is 0 Å². The van der Waals surface area contributed by atoms with Crippen molar-refractivity contribution in [3.63, 3.8) is 0 Å². The molecule has 0 radical (unpaired) electrons. The lowest BCUT2D eigenvalue weighted by atomic mass is 10.3. The van der Waals surface area contributed by atoms with Crippen LogP contribution in [0, 0.1) is 6.92 Å². The van der Waals surface area contributed by atoms with E-state index in [0.717, 1.165) is 12.8 Å². The molecule has 0 aromatic carbocycles. The highest BCUT2D eigenvalue weighted by Gasteiger charge is 2.26. The lowest BCUT2D eigenvalue weighted by Gasteiger charge is -2.20. The van der Waals surface area contributed by atoms with Crippen LogP contribution in [0.2, 0.25) is 0 Å². The fraction of sp³-hybridized carbons (Fsp3) is 0.700. The molecule has 7 heteroatoms. The molecule has 5 nitrogen and oxygen atoms in total. The predicted octanol–water partition coefficient (Wildman–Crippen LogP) is 1.75. The highest BCUT2D eigenvalue weighted by atomic mass is 35.5. The zero-order chi connectivity index (χ0) is 12.9. The van der Waals surface area contributed by atoms with Gasteiger partial charge in [-0.15, -0.1) is 11.6 Å². The van der Waals surface area contributed by atoms with Crippen molar-refractivity contribution in [2.45, 2.75) is 31.6 Å². The first-order valence-electron chi connectivity index (χ1n) is 5.60. The third kappa shape index (κ3) is 3.43. The number of H-pyrrole nitrogens is 1. The maximum atomic E-state index is 12.3. The molecule has 98 valence electrons. The number of aromatic amines is 1. The van der Waals surface area contributed by atoms with Crippen molar-refractivity contribution in [3.8, 4) is 0 Å². The van der Waals surface area contributed by atoms with Gasteiger partial charge in [0.05, 0.1) is 11.9 Å². The maximum absolute atomic E-state index is 12.3. The molecule has 0 fully saturated rings. The second kappa shape index (κ2) is 6.37. The van der Waals surface area contributed by atoms with E-state index >= 15 is 0 Å². The van der Waals surface area contributed by atoms with Crippen LogP contribution in [0.1, 0.15) is 25.5 Å². The molecule has 17 heavy (non-hydrogen) atoms. The summed E-state index contributed by atoms with van der Waals surface area (Å²) in [5.74, 6) is 0.292. The Hall–Kier alpha value is -0.590. The Bertz CT molecular complexity index is 444. The number of rotatable bonds is 7. The number of sulfonamides is 1. The predicted molar refractivity (Wildman–Crippen MR) is 67.7 cm³/mol. The van der Waals surface area contributed by atoms with Gasteiger partial charge in [-0.3, -0.25) is 5.10 Å². The minimum absolute atomic E-state index is 0.235. The fourth-order valence-electron chi connectivity index (χ4n) is 1.52. The van der Waals surface area contributed by atoms with Gasteiger partial charge in [0.2, 0.25) is 10.0 Å². The number of halogens is 1. The van der Waals surface area contributed by atoms with E-state index < -0.39 is 10.0 Å². The number of aryl methyl sites for hydroxylation is 1. The van der Waals surface area contributed by atoms with E-state index in [9.17, 15) is 8.42 Å². The van der Waals surface area contributed by atoms with Crippen LogP contribution in [0.3, 0.4) is 0 Å². The molecule has 0 aliphatic heterocycles. The second-order valence-corrected chi connectivity index (χ2v) is 6.09. The van der Waals surface area contributed by atoms with Crippen molar-refractivity contribution in [3.05, 3.63) is 11.9 Å². The van der Waals surface area contributed by atoms with Crippen LogP contribution in [0.25, 0.3) is 0 Å². The third-order valence-electron chi connectivity index (χ3n) is 2.50. The average Bonchev–Trinajstić information content (AvgIpc) is 2.71. The van der Waals surface area contributed by atoms with Crippen molar-refractivity contribution >= 4 is 21.6 Å². The molecule has 1 rings (SSSR count). The van der Waals surface area contributed by atoms with Gasteiger partial charge in [-0.1, -0.05) is 13.3 Å². The van der Waals surface area contributed by atoms with E-state index in [1.54, 1.807) is 6.92 Å². The Morgan fingerprint density at radius 3 is 2.65 bits per heavy atom. The Kier molecular flexibility index (Phi) is 5.42. The number of nitrogens with zero attached hydrogens (tertiary/aromatic N) is 2. The van der Waals surface area contributed by atoms with Crippen LogP contribution in [-0.2, 0) is 10.0 Å². The number of aromatic nitrogens is 2. The van der Waals surface area contributed by atoms with E-state index in [1.165, 1.54) is 10.5 Å². The average molecular weight is 280 g/mol. The number of alkyl halides is 1. The highest BCUT2D eigenvalue weighted by molar-refractivity contribution is 7.89. The summed E-state index contributed by atoms with van der Waals surface area (Å²) in [6.07, 6.45) is 3.11. The summed E-state index contributed by atoms with van der Waals surface area (Å²) in [5, 5.41) is 6.39. The van der Waals surface area contributed by atoms with Crippen molar-refractivity contribution < 1.29 is 8.42 Å². The Labute approximate surface area is 107 Å². The SMILES string of the molecule is CCCCN(CCCl)S(=O)(=O)c1cn[nH]c1C. The third-order valence-corrected chi connectivity index (χ3v) is 4.68. The quantitative estimate of drug-likeness (QED) is 0.773. The molecule has 1 aromatic rings. The number of hydrogen-bond donors (Lipinski definition) is 1. The zero-order valence-corrected chi connectivity index (χ0v) is 11.7. The Morgan fingerprint density at radius 1 is 1.47 bits per heavy atom. The van der Waals surface area contributed by atoms with Crippen LogP contribution in [0.15, 0.2) is 11.1 Å².